The van der Waals surface area contributed by atoms with Crippen LogP contribution in [0.1, 0.15) is 43.6 Å². The molecule has 2 N–H and O–H groups in total. The summed E-state index contributed by atoms with van der Waals surface area (Å²) < 4.78 is 16.2. The topological polar surface area (TPSA) is 103 Å². The maximum atomic E-state index is 14.0. The van der Waals surface area contributed by atoms with Crippen molar-refractivity contribution in [3.8, 4) is 17.2 Å². The summed E-state index contributed by atoms with van der Waals surface area (Å²) in [6, 6.07) is 11.7. The third kappa shape index (κ3) is 5.14. The van der Waals surface area contributed by atoms with Gasteiger partial charge in [0, 0.05) is 37.6 Å². The van der Waals surface area contributed by atoms with Crippen LogP contribution in [-0.2, 0) is 4.79 Å². The molecular weight excluding hydrogens is 482 g/mol. The maximum absolute atomic E-state index is 14.0. The van der Waals surface area contributed by atoms with Crippen molar-refractivity contribution in [3.63, 3.8) is 0 Å². The fourth-order valence-electron chi connectivity index (χ4n) is 5.83. The predicted octanol–water partition coefficient (Wildman–Crippen LogP) is 4.25. The molecule has 2 fully saturated rings. The Morgan fingerprint density at radius 1 is 0.895 bits per heavy atom. The Labute approximate surface area is 223 Å². The number of carbonyl (C=O) groups is 1. The molecular formula is C29H37N5O4. The van der Waals surface area contributed by atoms with Gasteiger partial charge >= 0.3 is 0 Å². The van der Waals surface area contributed by atoms with Crippen LogP contribution < -0.4 is 24.8 Å². The first-order chi connectivity index (χ1) is 18.5. The van der Waals surface area contributed by atoms with Crippen molar-refractivity contribution in [2.45, 2.75) is 38.0 Å². The largest absolute Gasteiger partial charge is 0.497 e. The molecule has 2 aliphatic rings. The van der Waals surface area contributed by atoms with Gasteiger partial charge in [-0.15, -0.1) is 0 Å². The van der Waals surface area contributed by atoms with Crippen LogP contribution in [-0.4, -0.2) is 68.3 Å². The minimum atomic E-state index is -0.122. The van der Waals surface area contributed by atoms with E-state index in [0.29, 0.717) is 60.9 Å². The molecule has 38 heavy (non-hydrogen) atoms. The molecule has 2 aromatic carbocycles. The summed E-state index contributed by atoms with van der Waals surface area (Å²) in [4.78, 5) is 27.4. The average Bonchev–Trinajstić information content (AvgIpc) is 2.97. The molecule has 2 heterocycles. The molecule has 9 nitrogen and oxygen atoms in total. The van der Waals surface area contributed by atoms with Gasteiger partial charge in [0.25, 0.3) is 0 Å². The summed E-state index contributed by atoms with van der Waals surface area (Å²) in [5.41, 5.74) is 8.09. The number of piperazine rings is 1. The lowest BCUT2D eigenvalue weighted by molar-refractivity contribution is -0.134. The van der Waals surface area contributed by atoms with E-state index >= 15 is 0 Å². The lowest BCUT2D eigenvalue weighted by Gasteiger charge is -2.39. The molecule has 9 heteroatoms. The van der Waals surface area contributed by atoms with Crippen molar-refractivity contribution in [1.29, 1.82) is 0 Å². The Morgan fingerprint density at radius 3 is 2.18 bits per heavy atom. The summed E-state index contributed by atoms with van der Waals surface area (Å²) in [6.45, 7) is 2.52. The van der Waals surface area contributed by atoms with Crippen LogP contribution in [0.25, 0.3) is 10.9 Å². The van der Waals surface area contributed by atoms with Crippen molar-refractivity contribution in [2.75, 3.05) is 58.1 Å². The Hall–Kier alpha value is -3.75. The zero-order valence-corrected chi connectivity index (χ0v) is 22.5. The van der Waals surface area contributed by atoms with Crippen molar-refractivity contribution in [3.05, 3.63) is 42.0 Å². The van der Waals surface area contributed by atoms with Crippen molar-refractivity contribution in [1.82, 2.24) is 14.9 Å². The number of methoxy groups -OCH3 is 3. The monoisotopic (exact) mass is 519 g/mol. The average molecular weight is 520 g/mol. The fourth-order valence-corrected chi connectivity index (χ4v) is 5.83. The van der Waals surface area contributed by atoms with E-state index in [2.05, 4.69) is 22.0 Å². The van der Waals surface area contributed by atoms with Gasteiger partial charge in [0.2, 0.25) is 11.9 Å². The molecule has 1 amide bonds. The van der Waals surface area contributed by atoms with Crippen LogP contribution in [0.4, 0.5) is 11.8 Å². The molecule has 5 rings (SSSR count). The van der Waals surface area contributed by atoms with Crippen molar-refractivity contribution < 1.29 is 19.0 Å². The van der Waals surface area contributed by atoms with E-state index in [4.69, 9.17) is 24.9 Å². The summed E-state index contributed by atoms with van der Waals surface area (Å²) >= 11 is 0. The van der Waals surface area contributed by atoms with E-state index in [1.165, 1.54) is 19.3 Å². The number of amides is 1. The number of nitrogen functional groups attached to an aromatic ring is 1. The lowest BCUT2D eigenvalue weighted by Crippen LogP contribution is -2.51. The molecule has 1 saturated heterocycles. The van der Waals surface area contributed by atoms with E-state index in [1.54, 1.807) is 27.4 Å². The van der Waals surface area contributed by atoms with Gasteiger partial charge in [-0.2, -0.15) is 4.98 Å². The molecule has 1 aromatic heterocycles. The number of hydrogen-bond donors (Lipinski definition) is 1. The highest BCUT2D eigenvalue weighted by molar-refractivity contribution is 5.92. The molecule has 0 radical (unpaired) electrons. The Bertz CT molecular complexity index is 1270. The van der Waals surface area contributed by atoms with Crippen LogP contribution in [0.3, 0.4) is 0 Å². The van der Waals surface area contributed by atoms with Crippen LogP contribution in [0.15, 0.2) is 36.4 Å². The number of carbonyl (C=O) groups excluding carboxylic acids is 1. The van der Waals surface area contributed by atoms with Crippen LogP contribution in [0.5, 0.6) is 17.2 Å². The normalized spacial score (nSPS) is 17.3. The minimum Gasteiger partial charge on any atom is -0.497 e. The van der Waals surface area contributed by atoms with Gasteiger partial charge < -0.3 is 29.7 Å². The molecule has 0 spiro atoms. The molecule has 1 aliphatic heterocycles. The minimum absolute atomic E-state index is 0.122. The number of rotatable bonds is 7. The maximum Gasteiger partial charge on any atom is 0.230 e. The Morgan fingerprint density at radius 2 is 1.55 bits per heavy atom. The van der Waals surface area contributed by atoms with Gasteiger partial charge in [-0.25, -0.2) is 4.98 Å². The Kier molecular flexibility index (Phi) is 7.72. The van der Waals surface area contributed by atoms with Gasteiger partial charge in [0.05, 0.1) is 32.8 Å². The highest BCUT2D eigenvalue weighted by Crippen LogP contribution is 2.38. The number of anilines is 2. The predicted molar refractivity (Wildman–Crippen MR) is 148 cm³/mol. The van der Waals surface area contributed by atoms with Gasteiger partial charge in [-0.05, 0) is 42.5 Å². The summed E-state index contributed by atoms with van der Waals surface area (Å²) in [7, 11) is 4.85. The van der Waals surface area contributed by atoms with E-state index in [9.17, 15) is 4.79 Å². The molecule has 3 aromatic rings. The fraction of sp³-hybridized carbons (Fsp3) is 0.483. The van der Waals surface area contributed by atoms with Crippen molar-refractivity contribution >= 4 is 28.6 Å². The number of ether oxygens (including phenoxy) is 3. The molecule has 1 unspecified atom stereocenters. The number of aromatic nitrogens is 2. The zero-order chi connectivity index (χ0) is 26.6. The van der Waals surface area contributed by atoms with E-state index in [0.717, 1.165) is 29.5 Å². The number of hydrogen-bond acceptors (Lipinski definition) is 8. The summed E-state index contributed by atoms with van der Waals surface area (Å²) in [6.07, 6.45) is 5.83. The molecule has 1 saturated carbocycles. The molecule has 202 valence electrons. The van der Waals surface area contributed by atoms with Gasteiger partial charge in [-0.1, -0.05) is 31.4 Å². The van der Waals surface area contributed by atoms with Crippen molar-refractivity contribution in [2.24, 2.45) is 5.92 Å². The molecule has 0 bridgehead atoms. The number of nitrogens with two attached hydrogens (primary N) is 1. The standard InChI is InChI=1S/C29H37N5O4/c1-36-21-11-9-20(10-12-21)26(19-7-5-4-6-8-19)28(35)33-13-15-34(16-14-33)29-31-23-18-25(38-3)24(37-2)17-22(23)27(30)32-29/h9-12,17-19,26H,4-8,13-16H2,1-3H3,(H2,30,31,32). The number of fused-ring (bicyclic) bond motifs is 1. The second-order valence-corrected chi connectivity index (χ2v) is 10.1. The number of nitrogens with zero attached hydrogens (tertiary/aromatic N) is 4. The lowest BCUT2D eigenvalue weighted by atomic mass is 9.76. The summed E-state index contributed by atoms with van der Waals surface area (Å²) in [5, 5.41) is 0.718. The van der Waals surface area contributed by atoms with Crippen LogP contribution in [0.2, 0.25) is 0 Å². The summed E-state index contributed by atoms with van der Waals surface area (Å²) in [5.74, 6) is 3.40. The van der Waals surface area contributed by atoms with Crippen LogP contribution in [0, 0.1) is 5.92 Å². The first-order valence-corrected chi connectivity index (χ1v) is 13.4. The van der Waals surface area contributed by atoms with E-state index < -0.39 is 0 Å². The first kappa shape index (κ1) is 25.9. The highest BCUT2D eigenvalue weighted by Gasteiger charge is 2.35. The van der Waals surface area contributed by atoms with Gasteiger partial charge in [0.1, 0.15) is 11.6 Å². The third-order valence-electron chi connectivity index (χ3n) is 7.96. The van der Waals surface area contributed by atoms with Crippen LogP contribution >= 0.6 is 0 Å². The number of benzene rings is 2. The SMILES string of the molecule is COc1ccc(C(C(=O)N2CCN(c3nc(N)c4cc(OC)c(OC)cc4n3)CC2)C2CCCCC2)cc1. The first-order valence-electron chi connectivity index (χ1n) is 13.4. The molecule has 1 atom stereocenters. The van der Waals surface area contributed by atoms with Gasteiger partial charge in [0.15, 0.2) is 11.5 Å². The second-order valence-electron chi connectivity index (χ2n) is 10.1. The highest BCUT2D eigenvalue weighted by atomic mass is 16.5. The third-order valence-corrected chi connectivity index (χ3v) is 7.96. The smallest absolute Gasteiger partial charge is 0.230 e. The quantitative estimate of drug-likeness (QED) is 0.494. The zero-order valence-electron chi connectivity index (χ0n) is 22.5. The van der Waals surface area contributed by atoms with E-state index in [1.807, 2.05) is 23.1 Å². The van der Waals surface area contributed by atoms with Gasteiger partial charge in [-0.3, -0.25) is 4.79 Å². The molecule has 1 aliphatic carbocycles. The van der Waals surface area contributed by atoms with E-state index in [-0.39, 0.29) is 11.8 Å². The second kappa shape index (κ2) is 11.3. The Balaban J connectivity index is 1.33.